The first-order chi connectivity index (χ1) is 15.5. The highest BCUT2D eigenvalue weighted by molar-refractivity contribution is 5.98. The average molecular weight is 431 g/mol. The Balaban J connectivity index is 1.64. The number of benzene rings is 3. The second-order valence-corrected chi connectivity index (χ2v) is 6.82. The molecule has 0 radical (unpaired) electrons. The number of nitrogens with zero attached hydrogens (tertiary/aromatic N) is 2. The summed E-state index contributed by atoms with van der Waals surface area (Å²) < 4.78 is 16.8. The molecular formula is C24H21N3O5. The van der Waals surface area contributed by atoms with Gasteiger partial charge in [-0.2, -0.15) is 0 Å². The van der Waals surface area contributed by atoms with Gasteiger partial charge in [-0.05, 0) is 60.7 Å². The first kappa shape index (κ1) is 20.8. The van der Waals surface area contributed by atoms with Gasteiger partial charge in [-0.15, -0.1) is 0 Å². The number of carbonyl (C=O) groups excluding carboxylic acids is 1. The number of anilines is 2. The summed E-state index contributed by atoms with van der Waals surface area (Å²) in [4.78, 5) is 17.8. The van der Waals surface area contributed by atoms with Crippen LogP contribution in [0.4, 0.5) is 16.2 Å². The minimum absolute atomic E-state index is 0.0979. The minimum atomic E-state index is -0.648. The number of nitrogens with two attached hydrogens (primary N) is 1. The van der Waals surface area contributed by atoms with Crippen molar-refractivity contribution in [2.24, 2.45) is 5.73 Å². The minimum Gasteiger partial charge on any atom is -0.508 e. The highest BCUT2D eigenvalue weighted by Crippen LogP contribution is 2.37. The van der Waals surface area contributed by atoms with Crippen LogP contribution in [0.1, 0.15) is 0 Å². The van der Waals surface area contributed by atoms with E-state index in [0.29, 0.717) is 39.9 Å². The smallest absolute Gasteiger partial charge is 0.323 e. The fraction of sp³-hybridized carbons (Fsp3) is 0.0833. The van der Waals surface area contributed by atoms with Crippen LogP contribution < -0.4 is 24.8 Å². The number of amides is 2. The summed E-state index contributed by atoms with van der Waals surface area (Å²) in [6, 6.07) is 17.8. The van der Waals surface area contributed by atoms with E-state index >= 15 is 0 Å². The fourth-order valence-corrected chi connectivity index (χ4v) is 3.33. The Morgan fingerprint density at radius 1 is 0.875 bits per heavy atom. The van der Waals surface area contributed by atoms with Crippen molar-refractivity contribution in [3.63, 3.8) is 0 Å². The maximum atomic E-state index is 12.0. The Bertz CT molecular complexity index is 1260. The van der Waals surface area contributed by atoms with Crippen molar-refractivity contribution < 1.29 is 24.1 Å². The molecule has 0 saturated carbocycles. The largest absolute Gasteiger partial charge is 0.508 e. The van der Waals surface area contributed by atoms with Crippen molar-refractivity contribution in [1.82, 2.24) is 4.98 Å². The third-order valence-corrected chi connectivity index (χ3v) is 4.86. The predicted octanol–water partition coefficient (Wildman–Crippen LogP) is 4.97. The van der Waals surface area contributed by atoms with E-state index in [1.165, 1.54) is 17.0 Å². The number of carbonyl (C=O) groups is 1. The Kier molecular flexibility index (Phi) is 5.67. The third-order valence-electron chi connectivity index (χ3n) is 4.86. The molecule has 0 aliphatic carbocycles. The molecule has 0 unspecified atom stereocenters. The van der Waals surface area contributed by atoms with Crippen LogP contribution in [-0.2, 0) is 0 Å². The van der Waals surface area contributed by atoms with Crippen LogP contribution in [0.2, 0.25) is 0 Å². The molecule has 0 bridgehead atoms. The molecule has 1 aromatic heterocycles. The highest BCUT2D eigenvalue weighted by atomic mass is 16.5. The number of hydrogen-bond donors (Lipinski definition) is 2. The summed E-state index contributed by atoms with van der Waals surface area (Å²) in [6.45, 7) is 0. The van der Waals surface area contributed by atoms with Gasteiger partial charge in [0.1, 0.15) is 17.2 Å². The maximum absolute atomic E-state index is 12.0. The van der Waals surface area contributed by atoms with Gasteiger partial charge in [0.25, 0.3) is 0 Å². The van der Waals surface area contributed by atoms with E-state index < -0.39 is 6.03 Å². The summed E-state index contributed by atoms with van der Waals surface area (Å²) in [5.41, 5.74) is 7.37. The summed E-state index contributed by atoms with van der Waals surface area (Å²) >= 11 is 0. The number of phenols is 1. The molecule has 3 aromatic carbocycles. The van der Waals surface area contributed by atoms with Gasteiger partial charge < -0.3 is 25.1 Å². The molecular weight excluding hydrogens is 410 g/mol. The number of fused-ring (bicyclic) bond motifs is 1. The zero-order valence-corrected chi connectivity index (χ0v) is 17.5. The van der Waals surface area contributed by atoms with E-state index in [1.807, 2.05) is 6.07 Å². The molecule has 32 heavy (non-hydrogen) atoms. The van der Waals surface area contributed by atoms with Gasteiger partial charge in [0, 0.05) is 17.6 Å². The van der Waals surface area contributed by atoms with Crippen LogP contribution in [0.3, 0.4) is 0 Å². The number of phenolic OH excluding ortho intramolecular Hbond substituents is 1. The molecule has 3 N–H and O–H groups in total. The molecule has 0 fully saturated rings. The van der Waals surface area contributed by atoms with Crippen molar-refractivity contribution in [3.8, 4) is 28.7 Å². The standard InChI is InChI=1S/C24H21N3O5/c1-30-22-13-19-20(14-23(22)31-2)26-12-11-21(19)32-18-9-5-16(6-10-18)27(24(25)29)15-3-7-17(28)8-4-15/h3-14,28H,1-2H3,(H2,25,29). The number of hydrogen-bond acceptors (Lipinski definition) is 6. The third kappa shape index (κ3) is 4.06. The number of pyridine rings is 1. The molecule has 8 heteroatoms. The number of methoxy groups -OCH3 is 2. The quantitative estimate of drug-likeness (QED) is 0.446. The topological polar surface area (TPSA) is 107 Å². The zero-order valence-electron chi connectivity index (χ0n) is 17.5. The van der Waals surface area contributed by atoms with E-state index in [2.05, 4.69) is 4.98 Å². The number of urea groups is 1. The first-order valence-corrected chi connectivity index (χ1v) is 9.67. The number of aromatic hydroxyl groups is 1. The molecule has 0 saturated heterocycles. The summed E-state index contributed by atoms with van der Waals surface area (Å²) in [6.07, 6.45) is 1.65. The van der Waals surface area contributed by atoms with Crippen LogP contribution in [0.25, 0.3) is 10.9 Å². The van der Waals surface area contributed by atoms with E-state index in [0.717, 1.165) is 5.39 Å². The lowest BCUT2D eigenvalue weighted by Gasteiger charge is -2.21. The number of aromatic nitrogens is 1. The van der Waals surface area contributed by atoms with Crippen molar-refractivity contribution in [2.75, 3.05) is 19.1 Å². The number of primary amides is 1. The Morgan fingerprint density at radius 3 is 2.06 bits per heavy atom. The van der Waals surface area contributed by atoms with Crippen LogP contribution in [0, 0.1) is 0 Å². The first-order valence-electron chi connectivity index (χ1n) is 9.67. The molecule has 8 nitrogen and oxygen atoms in total. The monoisotopic (exact) mass is 431 g/mol. The second-order valence-electron chi connectivity index (χ2n) is 6.82. The number of rotatable bonds is 6. The lowest BCUT2D eigenvalue weighted by Crippen LogP contribution is -2.31. The number of ether oxygens (including phenoxy) is 3. The van der Waals surface area contributed by atoms with Crippen molar-refractivity contribution >= 4 is 28.3 Å². The van der Waals surface area contributed by atoms with Crippen LogP contribution in [0.15, 0.2) is 72.9 Å². The van der Waals surface area contributed by atoms with E-state index in [4.69, 9.17) is 19.9 Å². The summed E-state index contributed by atoms with van der Waals surface area (Å²) in [5, 5.41) is 10.3. The Labute approximate surface area is 184 Å². The molecule has 0 aliphatic heterocycles. The maximum Gasteiger partial charge on any atom is 0.323 e. The highest BCUT2D eigenvalue weighted by Gasteiger charge is 2.16. The van der Waals surface area contributed by atoms with Gasteiger partial charge in [0.2, 0.25) is 0 Å². The van der Waals surface area contributed by atoms with Gasteiger partial charge in [0.15, 0.2) is 11.5 Å². The van der Waals surface area contributed by atoms with Gasteiger partial charge in [-0.3, -0.25) is 9.88 Å². The van der Waals surface area contributed by atoms with Crippen LogP contribution >= 0.6 is 0 Å². The van der Waals surface area contributed by atoms with E-state index in [9.17, 15) is 9.90 Å². The molecule has 162 valence electrons. The van der Waals surface area contributed by atoms with Gasteiger partial charge in [-0.25, -0.2) is 4.79 Å². The predicted molar refractivity (Wildman–Crippen MR) is 121 cm³/mol. The molecule has 4 rings (SSSR count). The lowest BCUT2D eigenvalue weighted by atomic mass is 10.1. The molecule has 4 aromatic rings. The van der Waals surface area contributed by atoms with E-state index in [-0.39, 0.29) is 5.75 Å². The normalized spacial score (nSPS) is 10.6. The van der Waals surface area contributed by atoms with E-state index in [1.54, 1.807) is 68.9 Å². The van der Waals surface area contributed by atoms with Crippen molar-refractivity contribution in [1.29, 1.82) is 0 Å². The van der Waals surface area contributed by atoms with Crippen molar-refractivity contribution in [3.05, 3.63) is 72.9 Å². The molecule has 0 aliphatic rings. The van der Waals surface area contributed by atoms with Crippen LogP contribution in [0.5, 0.6) is 28.7 Å². The second kappa shape index (κ2) is 8.73. The Hall–Kier alpha value is -4.46. The van der Waals surface area contributed by atoms with Crippen molar-refractivity contribution in [2.45, 2.75) is 0 Å². The van der Waals surface area contributed by atoms with Gasteiger partial charge >= 0.3 is 6.03 Å². The van der Waals surface area contributed by atoms with Gasteiger partial charge in [-0.1, -0.05) is 0 Å². The summed E-state index contributed by atoms with van der Waals surface area (Å²) in [5.74, 6) is 2.40. The molecule has 1 heterocycles. The average Bonchev–Trinajstić information content (AvgIpc) is 2.80. The van der Waals surface area contributed by atoms with Crippen LogP contribution in [-0.4, -0.2) is 30.3 Å². The molecule has 2 amide bonds. The molecule has 0 spiro atoms. The SMILES string of the molecule is COc1cc2nccc(Oc3ccc(N(C(N)=O)c4ccc(O)cc4)cc3)c2cc1OC. The lowest BCUT2D eigenvalue weighted by molar-refractivity contribution is 0.256. The molecule has 0 atom stereocenters. The zero-order chi connectivity index (χ0) is 22.7. The van der Waals surface area contributed by atoms with Gasteiger partial charge in [0.05, 0.1) is 31.1 Å². The summed E-state index contributed by atoms with van der Waals surface area (Å²) in [7, 11) is 3.14. The fourth-order valence-electron chi connectivity index (χ4n) is 3.33. The Morgan fingerprint density at radius 2 is 1.47 bits per heavy atom.